The molecule has 122 valence electrons. The highest BCUT2D eigenvalue weighted by molar-refractivity contribution is 5.78. The molecule has 2 atom stereocenters. The fourth-order valence-corrected chi connectivity index (χ4v) is 2.75. The molecule has 22 heavy (non-hydrogen) atoms. The summed E-state index contributed by atoms with van der Waals surface area (Å²) in [6.45, 7) is 7.00. The summed E-state index contributed by atoms with van der Waals surface area (Å²) in [5, 5.41) is 6.08. The van der Waals surface area contributed by atoms with Crippen LogP contribution in [0.5, 0.6) is 0 Å². The predicted molar refractivity (Wildman–Crippen MR) is 83.3 cm³/mol. The lowest BCUT2D eigenvalue weighted by molar-refractivity contribution is -0.132. The summed E-state index contributed by atoms with van der Waals surface area (Å²) in [5.41, 5.74) is 0. The van der Waals surface area contributed by atoms with Crippen LogP contribution in [0.2, 0.25) is 0 Å². The van der Waals surface area contributed by atoms with Gasteiger partial charge in [0.15, 0.2) is 0 Å². The fourth-order valence-electron chi connectivity index (χ4n) is 2.75. The van der Waals surface area contributed by atoms with Crippen molar-refractivity contribution < 1.29 is 14.0 Å². The van der Waals surface area contributed by atoms with Gasteiger partial charge in [-0.1, -0.05) is 0 Å². The number of aryl methyl sites for hydroxylation is 1. The average Bonchev–Trinajstić information content (AvgIpc) is 2.90. The Labute approximate surface area is 131 Å². The van der Waals surface area contributed by atoms with Crippen LogP contribution in [-0.4, -0.2) is 42.4 Å². The van der Waals surface area contributed by atoms with Gasteiger partial charge in [0.2, 0.25) is 11.8 Å². The van der Waals surface area contributed by atoms with Crippen molar-refractivity contribution in [3.63, 3.8) is 0 Å². The van der Waals surface area contributed by atoms with Gasteiger partial charge in [-0.25, -0.2) is 0 Å². The van der Waals surface area contributed by atoms with Crippen LogP contribution in [0.1, 0.15) is 44.3 Å². The molecule has 1 aromatic rings. The standard InChI is InChI=1S/C16H25N3O3/c1-11-6-7-15(22-11)12(2)17-9-16(21)19-8-4-5-14(10-19)18-13(3)20/h6-7,12,14,17H,4-5,8-10H2,1-3H3,(H,18,20)/t12-,14+/m0/s1. The van der Waals surface area contributed by atoms with Gasteiger partial charge in [-0.15, -0.1) is 0 Å². The first kappa shape index (κ1) is 16.5. The Morgan fingerprint density at radius 2 is 2.23 bits per heavy atom. The van der Waals surface area contributed by atoms with Crippen molar-refractivity contribution in [2.75, 3.05) is 19.6 Å². The molecule has 2 amide bonds. The van der Waals surface area contributed by atoms with E-state index in [0.29, 0.717) is 6.54 Å². The van der Waals surface area contributed by atoms with Crippen molar-refractivity contribution >= 4 is 11.8 Å². The van der Waals surface area contributed by atoms with E-state index >= 15 is 0 Å². The Bertz CT molecular complexity index is 526. The molecule has 1 aliphatic heterocycles. The van der Waals surface area contributed by atoms with E-state index < -0.39 is 0 Å². The van der Waals surface area contributed by atoms with E-state index in [-0.39, 0.29) is 30.4 Å². The summed E-state index contributed by atoms with van der Waals surface area (Å²) in [6.07, 6.45) is 1.85. The summed E-state index contributed by atoms with van der Waals surface area (Å²) in [5.74, 6) is 1.72. The highest BCUT2D eigenvalue weighted by Gasteiger charge is 2.24. The molecule has 2 heterocycles. The van der Waals surface area contributed by atoms with Crippen LogP contribution in [0.15, 0.2) is 16.5 Å². The van der Waals surface area contributed by atoms with Gasteiger partial charge in [-0.3, -0.25) is 14.9 Å². The van der Waals surface area contributed by atoms with Crippen molar-refractivity contribution in [2.45, 2.75) is 45.7 Å². The normalized spacial score (nSPS) is 19.8. The number of hydrogen-bond donors (Lipinski definition) is 2. The van der Waals surface area contributed by atoms with Crippen LogP contribution in [0.3, 0.4) is 0 Å². The molecule has 1 fully saturated rings. The number of carbonyl (C=O) groups is 2. The smallest absolute Gasteiger partial charge is 0.236 e. The van der Waals surface area contributed by atoms with Crippen LogP contribution >= 0.6 is 0 Å². The van der Waals surface area contributed by atoms with Gasteiger partial charge < -0.3 is 14.6 Å². The van der Waals surface area contributed by atoms with Crippen LogP contribution in [0, 0.1) is 6.92 Å². The third-order valence-corrected chi connectivity index (χ3v) is 3.93. The molecule has 0 unspecified atom stereocenters. The van der Waals surface area contributed by atoms with Gasteiger partial charge in [0.25, 0.3) is 0 Å². The second-order valence-corrected chi connectivity index (χ2v) is 5.93. The van der Waals surface area contributed by atoms with Gasteiger partial charge >= 0.3 is 0 Å². The van der Waals surface area contributed by atoms with Gasteiger partial charge in [0.05, 0.1) is 12.6 Å². The number of piperidine rings is 1. The largest absolute Gasteiger partial charge is 0.465 e. The summed E-state index contributed by atoms with van der Waals surface area (Å²) < 4.78 is 5.55. The minimum atomic E-state index is -0.0424. The van der Waals surface area contributed by atoms with Crippen molar-refractivity contribution in [1.82, 2.24) is 15.5 Å². The minimum Gasteiger partial charge on any atom is -0.465 e. The van der Waals surface area contributed by atoms with Gasteiger partial charge in [0, 0.05) is 26.1 Å². The van der Waals surface area contributed by atoms with Crippen LogP contribution in [0.4, 0.5) is 0 Å². The Morgan fingerprint density at radius 1 is 1.45 bits per heavy atom. The van der Waals surface area contributed by atoms with Crippen LogP contribution in [-0.2, 0) is 9.59 Å². The molecule has 0 bridgehead atoms. The third kappa shape index (κ3) is 4.59. The van der Waals surface area contributed by atoms with Crippen molar-refractivity contribution in [3.8, 4) is 0 Å². The van der Waals surface area contributed by atoms with E-state index in [9.17, 15) is 9.59 Å². The minimum absolute atomic E-state index is 0.00594. The molecule has 2 rings (SSSR count). The number of nitrogens with one attached hydrogen (secondary N) is 2. The zero-order chi connectivity index (χ0) is 16.1. The molecule has 6 heteroatoms. The second kappa shape index (κ2) is 7.45. The lowest BCUT2D eigenvalue weighted by Crippen LogP contribution is -2.51. The predicted octanol–water partition coefficient (Wildman–Crippen LogP) is 1.37. The molecule has 0 radical (unpaired) electrons. The number of nitrogens with zero attached hydrogens (tertiary/aromatic N) is 1. The molecule has 2 N–H and O–H groups in total. The van der Waals surface area contributed by atoms with E-state index in [4.69, 9.17) is 4.42 Å². The number of rotatable bonds is 5. The van der Waals surface area contributed by atoms with E-state index in [0.717, 1.165) is 30.9 Å². The number of carbonyl (C=O) groups excluding carboxylic acids is 2. The van der Waals surface area contributed by atoms with Crippen molar-refractivity contribution in [3.05, 3.63) is 23.7 Å². The molecule has 0 aromatic carbocycles. The summed E-state index contributed by atoms with van der Waals surface area (Å²) in [4.78, 5) is 25.2. The molecular formula is C16H25N3O3. The average molecular weight is 307 g/mol. The maximum absolute atomic E-state index is 12.3. The number of amides is 2. The quantitative estimate of drug-likeness (QED) is 0.861. The number of hydrogen-bond acceptors (Lipinski definition) is 4. The molecule has 0 saturated carbocycles. The monoisotopic (exact) mass is 307 g/mol. The maximum atomic E-state index is 12.3. The first-order valence-corrected chi connectivity index (χ1v) is 7.80. The zero-order valence-electron chi connectivity index (χ0n) is 13.5. The van der Waals surface area contributed by atoms with Gasteiger partial charge in [-0.05, 0) is 38.8 Å². The maximum Gasteiger partial charge on any atom is 0.236 e. The lowest BCUT2D eigenvalue weighted by Gasteiger charge is -2.33. The van der Waals surface area contributed by atoms with Crippen LogP contribution in [0.25, 0.3) is 0 Å². The summed E-state index contributed by atoms with van der Waals surface area (Å²) in [7, 11) is 0. The van der Waals surface area contributed by atoms with E-state index in [2.05, 4.69) is 10.6 Å². The Morgan fingerprint density at radius 3 is 2.86 bits per heavy atom. The zero-order valence-corrected chi connectivity index (χ0v) is 13.5. The van der Waals surface area contributed by atoms with E-state index in [1.807, 2.05) is 30.9 Å². The SMILES string of the molecule is CC(=O)N[C@@H]1CCCN(C(=O)CN[C@@H](C)c2ccc(C)o2)C1. The Balaban J connectivity index is 1.80. The molecule has 1 saturated heterocycles. The molecule has 6 nitrogen and oxygen atoms in total. The first-order valence-electron chi connectivity index (χ1n) is 7.80. The van der Waals surface area contributed by atoms with E-state index in [1.54, 1.807) is 0 Å². The second-order valence-electron chi connectivity index (χ2n) is 5.93. The van der Waals surface area contributed by atoms with Crippen molar-refractivity contribution in [2.24, 2.45) is 0 Å². The highest BCUT2D eigenvalue weighted by Crippen LogP contribution is 2.15. The Kier molecular flexibility index (Phi) is 5.60. The van der Waals surface area contributed by atoms with Crippen LogP contribution < -0.4 is 10.6 Å². The van der Waals surface area contributed by atoms with Gasteiger partial charge in [0.1, 0.15) is 11.5 Å². The first-order chi connectivity index (χ1) is 10.5. The molecule has 1 aliphatic rings. The molecule has 0 aliphatic carbocycles. The number of furan rings is 1. The molecule has 0 spiro atoms. The topological polar surface area (TPSA) is 74.6 Å². The molecule has 1 aromatic heterocycles. The van der Waals surface area contributed by atoms with E-state index in [1.165, 1.54) is 6.92 Å². The van der Waals surface area contributed by atoms with Gasteiger partial charge in [-0.2, -0.15) is 0 Å². The lowest BCUT2D eigenvalue weighted by atomic mass is 10.1. The van der Waals surface area contributed by atoms with Crippen molar-refractivity contribution in [1.29, 1.82) is 0 Å². The Hall–Kier alpha value is -1.82. The summed E-state index contributed by atoms with van der Waals surface area (Å²) >= 11 is 0. The summed E-state index contributed by atoms with van der Waals surface area (Å²) in [6, 6.07) is 3.90. The number of likely N-dealkylation sites (tertiary alicyclic amines) is 1. The third-order valence-electron chi connectivity index (χ3n) is 3.93. The fraction of sp³-hybridized carbons (Fsp3) is 0.625. The highest BCUT2D eigenvalue weighted by atomic mass is 16.3. The molecular weight excluding hydrogens is 282 g/mol.